The van der Waals surface area contributed by atoms with E-state index in [1.807, 2.05) is 6.07 Å². The maximum atomic E-state index is 11.8. The minimum atomic E-state index is -0.0134. The van der Waals surface area contributed by atoms with Crippen LogP contribution in [0.4, 0.5) is 0 Å². The Morgan fingerprint density at radius 1 is 1.47 bits per heavy atom. The number of hydrogen-bond donors (Lipinski definition) is 2. The van der Waals surface area contributed by atoms with Crippen LogP contribution in [-0.2, 0) is 12.8 Å². The quantitative estimate of drug-likeness (QED) is 0.735. The monoisotopic (exact) mass is 255 g/mol. The van der Waals surface area contributed by atoms with Crippen LogP contribution in [0.5, 0.6) is 0 Å². The van der Waals surface area contributed by atoms with E-state index in [1.54, 1.807) is 11.3 Å². The first-order valence-electron chi connectivity index (χ1n) is 6.23. The zero-order chi connectivity index (χ0) is 12.7. The van der Waals surface area contributed by atoms with Gasteiger partial charge in [0.15, 0.2) is 0 Å². The first kappa shape index (κ1) is 14.2. The number of amides is 1. The maximum absolute atomic E-state index is 11.8. The highest BCUT2D eigenvalue weighted by molar-refractivity contribution is 7.14. The Balaban J connectivity index is 2.66. The van der Waals surface area contributed by atoms with Crippen LogP contribution in [0.3, 0.4) is 0 Å². The number of aliphatic hydroxyl groups is 1. The zero-order valence-corrected chi connectivity index (χ0v) is 11.4. The van der Waals surface area contributed by atoms with Gasteiger partial charge in [-0.05, 0) is 30.9 Å². The van der Waals surface area contributed by atoms with Gasteiger partial charge in [-0.2, -0.15) is 0 Å². The summed E-state index contributed by atoms with van der Waals surface area (Å²) in [5.74, 6) is -0.0134. The van der Waals surface area contributed by atoms with Crippen molar-refractivity contribution in [2.75, 3.05) is 13.2 Å². The number of carbonyl (C=O) groups excluding carboxylic acids is 1. The molecule has 96 valence electrons. The summed E-state index contributed by atoms with van der Waals surface area (Å²) in [4.78, 5) is 14.0. The van der Waals surface area contributed by atoms with E-state index in [9.17, 15) is 4.79 Å². The van der Waals surface area contributed by atoms with Gasteiger partial charge in [0.05, 0.1) is 4.88 Å². The molecule has 17 heavy (non-hydrogen) atoms. The summed E-state index contributed by atoms with van der Waals surface area (Å²) in [6.45, 7) is 4.93. The molecule has 0 aliphatic rings. The van der Waals surface area contributed by atoms with E-state index in [0.29, 0.717) is 13.0 Å². The molecule has 1 amide bonds. The van der Waals surface area contributed by atoms with E-state index in [1.165, 1.54) is 10.4 Å². The second-order valence-corrected chi connectivity index (χ2v) is 5.13. The molecular formula is C13H21NO2S. The SMILES string of the molecule is CCCc1sc(C(=O)NCCCO)cc1CC. The van der Waals surface area contributed by atoms with Crippen molar-refractivity contribution in [3.8, 4) is 0 Å². The molecule has 3 nitrogen and oxygen atoms in total. The summed E-state index contributed by atoms with van der Waals surface area (Å²) in [5.41, 5.74) is 1.30. The Kier molecular flexibility index (Phi) is 6.22. The van der Waals surface area contributed by atoms with Gasteiger partial charge in [-0.1, -0.05) is 20.3 Å². The van der Waals surface area contributed by atoms with Crippen LogP contribution in [0.1, 0.15) is 46.8 Å². The zero-order valence-electron chi connectivity index (χ0n) is 10.6. The number of nitrogens with one attached hydrogen (secondary N) is 1. The molecule has 0 unspecified atom stereocenters. The Hall–Kier alpha value is -0.870. The highest BCUT2D eigenvalue weighted by Crippen LogP contribution is 2.24. The molecule has 0 aliphatic heterocycles. The minimum absolute atomic E-state index is 0.0134. The van der Waals surface area contributed by atoms with Crippen LogP contribution in [-0.4, -0.2) is 24.2 Å². The lowest BCUT2D eigenvalue weighted by Gasteiger charge is -2.00. The number of aryl methyl sites for hydroxylation is 2. The van der Waals surface area contributed by atoms with Crippen molar-refractivity contribution in [3.05, 3.63) is 21.4 Å². The summed E-state index contributed by atoms with van der Waals surface area (Å²) in [6, 6.07) is 2.00. The molecule has 0 aliphatic carbocycles. The molecule has 1 heterocycles. The van der Waals surface area contributed by atoms with Crippen LogP contribution in [0.15, 0.2) is 6.07 Å². The van der Waals surface area contributed by atoms with Gasteiger partial charge in [-0.3, -0.25) is 4.79 Å². The van der Waals surface area contributed by atoms with Crippen molar-refractivity contribution in [2.45, 2.75) is 39.5 Å². The first-order chi connectivity index (χ1) is 8.22. The molecule has 0 saturated heterocycles. The lowest BCUT2D eigenvalue weighted by Crippen LogP contribution is -2.24. The van der Waals surface area contributed by atoms with Gasteiger partial charge < -0.3 is 10.4 Å². The van der Waals surface area contributed by atoms with Crippen LogP contribution in [0.2, 0.25) is 0 Å². The summed E-state index contributed by atoms with van der Waals surface area (Å²) in [6.07, 6.45) is 3.76. The van der Waals surface area contributed by atoms with Crippen LogP contribution in [0.25, 0.3) is 0 Å². The molecule has 0 spiro atoms. The average molecular weight is 255 g/mol. The fourth-order valence-corrected chi connectivity index (χ4v) is 2.96. The van der Waals surface area contributed by atoms with E-state index in [4.69, 9.17) is 5.11 Å². The van der Waals surface area contributed by atoms with E-state index in [-0.39, 0.29) is 12.5 Å². The summed E-state index contributed by atoms with van der Waals surface area (Å²) < 4.78 is 0. The minimum Gasteiger partial charge on any atom is -0.396 e. The van der Waals surface area contributed by atoms with Gasteiger partial charge in [-0.15, -0.1) is 11.3 Å². The Morgan fingerprint density at radius 3 is 2.82 bits per heavy atom. The predicted octanol–water partition coefficient (Wildman–Crippen LogP) is 2.38. The maximum Gasteiger partial charge on any atom is 0.261 e. The van der Waals surface area contributed by atoms with Crippen molar-refractivity contribution in [2.24, 2.45) is 0 Å². The highest BCUT2D eigenvalue weighted by atomic mass is 32.1. The van der Waals surface area contributed by atoms with Gasteiger partial charge in [0, 0.05) is 18.0 Å². The molecule has 1 rings (SSSR count). The van der Waals surface area contributed by atoms with Crippen molar-refractivity contribution < 1.29 is 9.90 Å². The largest absolute Gasteiger partial charge is 0.396 e. The summed E-state index contributed by atoms with van der Waals surface area (Å²) in [5, 5.41) is 11.5. The normalized spacial score (nSPS) is 10.5. The number of aliphatic hydroxyl groups excluding tert-OH is 1. The topological polar surface area (TPSA) is 49.3 Å². The molecule has 0 saturated carbocycles. The van der Waals surface area contributed by atoms with Crippen LogP contribution < -0.4 is 5.32 Å². The van der Waals surface area contributed by atoms with Crippen molar-refractivity contribution in [1.29, 1.82) is 0 Å². The third-order valence-electron chi connectivity index (χ3n) is 2.60. The fraction of sp³-hybridized carbons (Fsp3) is 0.615. The first-order valence-corrected chi connectivity index (χ1v) is 7.05. The molecule has 2 N–H and O–H groups in total. The van der Waals surface area contributed by atoms with Crippen LogP contribution >= 0.6 is 11.3 Å². The molecule has 1 aromatic heterocycles. The molecular weight excluding hydrogens is 234 g/mol. The van der Waals surface area contributed by atoms with Crippen LogP contribution in [0, 0.1) is 0 Å². The fourth-order valence-electron chi connectivity index (χ4n) is 1.68. The Labute approximate surface area is 107 Å². The van der Waals surface area contributed by atoms with E-state index < -0.39 is 0 Å². The average Bonchev–Trinajstić information content (AvgIpc) is 2.73. The predicted molar refractivity (Wildman–Crippen MR) is 71.7 cm³/mol. The summed E-state index contributed by atoms with van der Waals surface area (Å²) in [7, 11) is 0. The molecule has 0 aromatic carbocycles. The third kappa shape index (κ3) is 4.13. The molecule has 0 fully saturated rings. The van der Waals surface area contributed by atoms with E-state index in [0.717, 1.165) is 24.1 Å². The second kappa shape index (κ2) is 7.45. The molecule has 0 radical (unpaired) electrons. The third-order valence-corrected chi connectivity index (χ3v) is 3.83. The molecule has 0 bridgehead atoms. The number of rotatable bonds is 7. The molecule has 1 aromatic rings. The molecule has 4 heteroatoms. The van der Waals surface area contributed by atoms with E-state index in [2.05, 4.69) is 19.2 Å². The number of thiophene rings is 1. The standard InChI is InChI=1S/C13H21NO2S/c1-3-6-11-10(4-2)9-12(17-11)13(16)14-7-5-8-15/h9,15H,3-8H2,1-2H3,(H,14,16). The van der Waals surface area contributed by atoms with E-state index >= 15 is 0 Å². The lowest BCUT2D eigenvalue weighted by atomic mass is 10.1. The van der Waals surface area contributed by atoms with Crippen molar-refractivity contribution >= 4 is 17.2 Å². The summed E-state index contributed by atoms with van der Waals surface area (Å²) >= 11 is 1.60. The van der Waals surface area contributed by atoms with Gasteiger partial charge in [0.25, 0.3) is 5.91 Å². The van der Waals surface area contributed by atoms with Crippen molar-refractivity contribution in [3.63, 3.8) is 0 Å². The number of carbonyl (C=O) groups is 1. The Bertz CT molecular complexity index is 360. The van der Waals surface area contributed by atoms with Gasteiger partial charge >= 0.3 is 0 Å². The van der Waals surface area contributed by atoms with Gasteiger partial charge in [0.1, 0.15) is 0 Å². The number of hydrogen-bond acceptors (Lipinski definition) is 3. The van der Waals surface area contributed by atoms with Gasteiger partial charge in [-0.25, -0.2) is 0 Å². The molecule has 0 atom stereocenters. The Morgan fingerprint density at radius 2 is 2.24 bits per heavy atom. The van der Waals surface area contributed by atoms with Gasteiger partial charge in [0.2, 0.25) is 0 Å². The lowest BCUT2D eigenvalue weighted by molar-refractivity contribution is 0.0955. The van der Waals surface area contributed by atoms with Crippen molar-refractivity contribution in [1.82, 2.24) is 5.32 Å². The smallest absolute Gasteiger partial charge is 0.261 e. The second-order valence-electron chi connectivity index (χ2n) is 4.00. The highest BCUT2D eigenvalue weighted by Gasteiger charge is 2.12.